The second kappa shape index (κ2) is 3.32. The van der Waals surface area contributed by atoms with Crippen molar-refractivity contribution in [1.29, 1.82) is 0 Å². The second-order valence-electron chi connectivity index (χ2n) is 1.13. The molecule has 0 aromatic heterocycles. The fourth-order valence-corrected chi connectivity index (χ4v) is 6.87. The van der Waals surface area contributed by atoms with Crippen LogP contribution in [0.1, 0.15) is 0 Å². The van der Waals surface area contributed by atoms with Gasteiger partial charge in [-0.15, -0.1) is 0 Å². The van der Waals surface area contributed by atoms with Crippen molar-refractivity contribution in [2.45, 2.75) is 3.71 Å². The summed E-state index contributed by atoms with van der Waals surface area (Å²) < 4.78 is 1.03. The number of rotatable bonds is 1. The maximum absolute atomic E-state index is 3.47. The van der Waals surface area contributed by atoms with Crippen LogP contribution in [0.5, 0.6) is 0 Å². The van der Waals surface area contributed by atoms with Gasteiger partial charge in [0.1, 0.15) is 0 Å². The van der Waals surface area contributed by atoms with Crippen molar-refractivity contribution in [3.63, 3.8) is 0 Å². The third kappa shape index (κ3) is 1.91. The minimum atomic E-state index is 0.837. The van der Waals surface area contributed by atoms with Gasteiger partial charge in [-0.1, -0.05) is 0 Å². The molecule has 0 unspecified atom stereocenters. The molecule has 40 valence electrons. The molecule has 0 aliphatic carbocycles. The summed E-state index contributed by atoms with van der Waals surface area (Å²) in [6.45, 7) is 0. The molecule has 0 saturated carbocycles. The van der Waals surface area contributed by atoms with Crippen molar-refractivity contribution in [2.24, 2.45) is 0 Å². The van der Waals surface area contributed by atoms with E-state index in [4.69, 9.17) is 0 Å². The zero-order valence-corrected chi connectivity index (χ0v) is 8.65. The van der Waals surface area contributed by atoms with Gasteiger partial charge < -0.3 is 0 Å². The van der Waals surface area contributed by atoms with Gasteiger partial charge in [0.25, 0.3) is 0 Å². The van der Waals surface area contributed by atoms with Crippen LogP contribution in [0.4, 0.5) is 0 Å². The van der Waals surface area contributed by atoms with Crippen molar-refractivity contribution in [2.75, 3.05) is 5.33 Å². The quantitative estimate of drug-likeness (QED) is 0.500. The molecule has 7 heavy (non-hydrogen) atoms. The van der Waals surface area contributed by atoms with E-state index in [0.717, 1.165) is 33.6 Å². The van der Waals surface area contributed by atoms with Crippen molar-refractivity contribution >= 4 is 45.8 Å². The molecule has 0 N–H and O–H groups in total. The topological polar surface area (TPSA) is 0 Å². The summed E-state index contributed by atoms with van der Waals surface area (Å²) in [4.78, 5) is 4.69. The molecule has 0 spiro atoms. The van der Waals surface area contributed by atoms with E-state index in [-0.39, 0.29) is 0 Å². The molecule has 1 aliphatic rings. The van der Waals surface area contributed by atoms with Gasteiger partial charge >= 0.3 is 64.8 Å². The first kappa shape index (κ1) is 6.38. The van der Waals surface area contributed by atoms with Gasteiger partial charge in [0, 0.05) is 0 Å². The van der Waals surface area contributed by atoms with Gasteiger partial charge in [-0.3, -0.25) is 0 Å². The van der Waals surface area contributed by atoms with Crippen molar-refractivity contribution in [3.05, 3.63) is 9.95 Å². The van der Waals surface area contributed by atoms with Gasteiger partial charge in [0.2, 0.25) is 0 Å². The first-order valence-corrected chi connectivity index (χ1v) is 7.03. The standard InChI is InChI=1S/C4H5BrSe2/c5-3-4-6-1-2-7-4/h1-2,4H,3H2. The normalized spacial score (nSPS) is 21.3. The van der Waals surface area contributed by atoms with Crippen LogP contribution < -0.4 is 0 Å². The molecular formula is C4H5BrSe2. The van der Waals surface area contributed by atoms with Crippen LogP contribution in [0.3, 0.4) is 0 Å². The zero-order valence-electron chi connectivity index (χ0n) is 3.63. The van der Waals surface area contributed by atoms with Crippen LogP contribution in [-0.2, 0) is 0 Å². The summed E-state index contributed by atoms with van der Waals surface area (Å²) in [6, 6.07) is 0. The van der Waals surface area contributed by atoms with Crippen LogP contribution in [-0.4, -0.2) is 35.2 Å². The Kier molecular flexibility index (Phi) is 3.02. The zero-order chi connectivity index (χ0) is 5.11. The van der Waals surface area contributed by atoms with E-state index in [0.29, 0.717) is 0 Å². The Morgan fingerprint density at radius 1 is 1.43 bits per heavy atom. The van der Waals surface area contributed by atoms with Crippen LogP contribution >= 0.6 is 15.9 Å². The number of alkyl halides is 1. The Balaban J connectivity index is 2.22. The summed E-state index contributed by atoms with van der Waals surface area (Å²) in [6.07, 6.45) is 0. The monoisotopic (exact) mass is 292 g/mol. The van der Waals surface area contributed by atoms with E-state index in [1.807, 2.05) is 0 Å². The predicted octanol–water partition coefficient (Wildman–Crippen LogP) is 1.02. The molecule has 0 aromatic rings. The molecule has 3 heteroatoms. The van der Waals surface area contributed by atoms with Crippen LogP contribution in [0.25, 0.3) is 0 Å². The van der Waals surface area contributed by atoms with Crippen LogP contribution in [0.2, 0.25) is 3.71 Å². The van der Waals surface area contributed by atoms with Crippen LogP contribution in [0.15, 0.2) is 9.95 Å². The average molecular weight is 291 g/mol. The Morgan fingerprint density at radius 3 is 2.29 bits per heavy atom. The Bertz CT molecular complexity index is 73.8. The molecule has 1 rings (SSSR count). The molecule has 0 amide bonds. The van der Waals surface area contributed by atoms with Gasteiger partial charge in [-0.25, -0.2) is 0 Å². The Labute approximate surface area is 64.6 Å². The van der Waals surface area contributed by atoms with Gasteiger partial charge in [0.15, 0.2) is 0 Å². The predicted molar refractivity (Wildman–Crippen MR) is 38.2 cm³/mol. The van der Waals surface area contributed by atoms with E-state index >= 15 is 0 Å². The second-order valence-corrected chi connectivity index (χ2v) is 7.96. The number of halogens is 1. The SMILES string of the molecule is BrCC1[Se]C=C[Se]1. The van der Waals surface area contributed by atoms with E-state index in [9.17, 15) is 0 Å². The van der Waals surface area contributed by atoms with Gasteiger partial charge in [0.05, 0.1) is 0 Å². The third-order valence-corrected chi connectivity index (χ3v) is 9.72. The van der Waals surface area contributed by atoms with E-state index < -0.39 is 0 Å². The first-order valence-electron chi connectivity index (χ1n) is 1.95. The van der Waals surface area contributed by atoms with Crippen molar-refractivity contribution in [3.8, 4) is 0 Å². The number of hydrogen-bond donors (Lipinski definition) is 0. The fraction of sp³-hybridized carbons (Fsp3) is 0.500. The van der Waals surface area contributed by atoms with Crippen molar-refractivity contribution < 1.29 is 0 Å². The van der Waals surface area contributed by atoms with E-state index in [1.165, 1.54) is 5.33 Å². The molecule has 0 saturated heterocycles. The Morgan fingerprint density at radius 2 is 2.00 bits per heavy atom. The average Bonchev–Trinajstić information content (AvgIpc) is 2.14. The minimum absolute atomic E-state index is 0.837. The molecule has 0 aromatic carbocycles. The van der Waals surface area contributed by atoms with E-state index in [2.05, 4.69) is 25.9 Å². The maximum atomic E-state index is 3.47. The molecule has 0 nitrogen and oxygen atoms in total. The van der Waals surface area contributed by atoms with Gasteiger partial charge in [-0.2, -0.15) is 0 Å². The molecule has 0 atom stereocenters. The summed E-state index contributed by atoms with van der Waals surface area (Å²) in [5.74, 6) is 0. The third-order valence-electron chi connectivity index (χ3n) is 0.642. The summed E-state index contributed by atoms with van der Waals surface area (Å²) in [7, 11) is 0. The Hall–Kier alpha value is 1.26. The van der Waals surface area contributed by atoms with Crippen LogP contribution in [0, 0.1) is 0 Å². The summed E-state index contributed by atoms with van der Waals surface area (Å²) >= 11 is 5.14. The number of hydrogen-bond acceptors (Lipinski definition) is 0. The van der Waals surface area contributed by atoms with E-state index in [1.54, 1.807) is 0 Å². The molecule has 0 bridgehead atoms. The first-order chi connectivity index (χ1) is 3.43. The molecule has 1 aliphatic heterocycles. The van der Waals surface area contributed by atoms with Gasteiger partial charge in [-0.05, 0) is 0 Å². The summed E-state index contributed by atoms with van der Waals surface area (Å²) in [5.41, 5.74) is 0. The summed E-state index contributed by atoms with van der Waals surface area (Å²) in [5, 5.41) is 1.22. The van der Waals surface area contributed by atoms with Crippen molar-refractivity contribution in [1.82, 2.24) is 0 Å². The molecule has 0 fully saturated rings. The fourth-order valence-electron chi connectivity index (χ4n) is 0.344. The molecule has 0 radical (unpaired) electrons. The molecular weight excluding hydrogens is 286 g/mol. The molecule has 1 heterocycles.